The predicted octanol–water partition coefficient (Wildman–Crippen LogP) is 6.50. The fourth-order valence-corrected chi connectivity index (χ4v) is 3.83. The smallest absolute Gasteiger partial charge is 0.0575 e. The third-order valence-electron chi connectivity index (χ3n) is 5.51. The van der Waals surface area contributed by atoms with Gasteiger partial charge in [-0.05, 0) is 73.4 Å². The van der Waals surface area contributed by atoms with Gasteiger partial charge in [0.1, 0.15) is 0 Å². The summed E-state index contributed by atoms with van der Waals surface area (Å²) in [4.78, 5) is 0. The number of ether oxygens (including phenoxy) is 1. The summed E-state index contributed by atoms with van der Waals surface area (Å²) in [6, 6.07) is 17.3. The summed E-state index contributed by atoms with van der Waals surface area (Å²) in [5.41, 5.74) is 4.82. The van der Waals surface area contributed by atoms with Gasteiger partial charge in [-0.25, -0.2) is 0 Å². The molecule has 1 saturated carbocycles. The average molecular weight is 385 g/mol. The zero-order valence-electron chi connectivity index (χ0n) is 17.8. The van der Waals surface area contributed by atoms with Crippen molar-refractivity contribution >= 4 is 0 Å². The van der Waals surface area contributed by atoms with E-state index >= 15 is 0 Å². The third kappa shape index (κ3) is 6.81. The number of hydrogen-bond acceptors (Lipinski definition) is 1. The minimum Gasteiger partial charge on any atom is -0.378 e. The Morgan fingerprint density at radius 3 is 2.00 bits per heavy atom. The van der Waals surface area contributed by atoms with Crippen molar-refractivity contribution in [3.8, 4) is 23.7 Å². The van der Waals surface area contributed by atoms with E-state index in [9.17, 15) is 0 Å². The van der Waals surface area contributed by atoms with E-state index in [0.29, 0.717) is 12.0 Å². The Bertz CT molecular complexity index is 860. The Labute approximate surface area is 176 Å². The van der Waals surface area contributed by atoms with Gasteiger partial charge >= 0.3 is 0 Å². The minimum absolute atomic E-state index is 0.474. The molecule has 2 aromatic carbocycles. The van der Waals surface area contributed by atoms with Crippen molar-refractivity contribution < 1.29 is 4.74 Å². The topological polar surface area (TPSA) is 9.23 Å². The van der Waals surface area contributed by atoms with Crippen LogP contribution in [0.25, 0.3) is 0 Å². The molecule has 1 heteroatoms. The second-order valence-corrected chi connectivity index (χ2v) is 7.80. The summed E-state index contributed by atoms with van der Waals surface area (Å²) in [5.74, 6) is 13.5. The van der Waals surface area contributed by atoms with Crippen molar-refractivity contribution in [2.75, 3.05) is 6.61 Å². The average Bonchev–Trinajstić information content (AvgIpc) is 2.78. The summed E-state index contributed by atoms with van der Waals surface area (Å²) in [5, 5.41) is 0. The first kappa shape index (κ1) is 21.2. The van der Waals surface area contributed by atoms with Gasteiger partial charge in [0.2, 0.25) is 0 Å². The molecule has 0 bridgehead atoms. The van der Waals surface area contributed by atoms with Gasteiger partial charge in [0.05, 0.1) is 6.10 Å². The van der Waals surface area contributed by atoms with Crippen molar-refractivity contribution in [3.05, 3.63) is 70.8 Å². The van der Waals surface area contributed by atoms with Crippen LogP contribution in [0.3, 0.4) is 0 Å². The largest absolute Gasteiger partial charge is 0.378 e. The normalized spacial score (nSPS) is 18.3. The first-order valence-electron chi connectivity index (χ1n) is 11.1. The Kier molecular flexibility index (Phi) is 8.42. The molecule has 29 heavy (non-hydrogen) atoms. The van der Waals surface area contributed by atoms with Crippen molar-refractivity contribution in [3.63, 3.8) is 0 Å². The lowest BCUT2D eigenvalue weighted by Crippen LogP contribution is -2.21. The van der Waals surface area contributed by atoms with Gasteiger partial charge in [-0.2, -0.15) is 0 Å². The van der Waals surface area contributed by atoms with Crippen LogP contribution >= 0.6 is 0 Å². The Morgan fingerprint density at radius 2 is 1.41 bits per heavy atom. The second-order valence-electron chi connectivity index (χ2n) is 7.80. The molecule has 1 nitrogen and oxygen atoms in total. The minimum atomic E-state index is 0.474. The number of hydrogen-bond donors (Lipinski definition) is 0. The maximum Gasteiger partial charge on any atom is 0.0575 e. The Morgan fingerprint density at radius 1 is 0.793 bits per heavy atom. The molecule has 0 spiro atoms. The fourth-order valence-electron chi connectivity index (χ4n) is 3.83. The van der Waals surface area contributed by atoms with Crippen LogP contribution in [0.5, 0.6) is 0 Å². The molecule has 1 aliphatic carbocycles. The van der Waals surface area contributed by atoms with Gasteiger partial charge < -0.3 is 4.74 Å². The highest BCUT2D eigenvalue weighted by atomic mass is 16.5. The molecule has 0 N–H and O–H groups in total. The highest BCUT2D eigenvalue weighted by Gasteiger charge is 2.22. The third-order valence-corrected chi connectivity index (χ3v) is 5.51. The molecule has 0 amide bonds. The molecule has 2 aromatic rings. The SMILES string of the molecule is CCC#CCc1ccc(C#Cc2ccc(C3CCC(OCCC)CC3)cc2)cc1. The molecular weight excluding hydrogens is 352 g/mol. The van der Waals surface area contributed by atoms with Gasteiger partial charge in [0, 0.05) is 30.6 Å². The summed E-state index contributed by atoms with van der Waals surface area (Å²) in [7, 11) is 0. The zero-order valence-corrected chi connectivity index (χ0v) is 17.8. The van der Waals surface area contributed by atoms with Gasteiger partial charge in [-0.3, -0.25) is 0 Å². The lowest BCUT2D eigenvalue weighted by Gasteiger charge is -2.28. The van der Waals surface area contributed by atoms with Crippen LogP contribution in [-0.2, 0) is 11.2 Å². The van der Waals surface area contributed by atoms with Crippen LogP contribution in [0.1, 0.15) is 80.5 Å². The molecule has 0 saturated heterocycles. The van der Waals surface area contributed by atoms with E-state index in [1.54, 1.807) is 0 Å². The molecule has 1 aliphatic rings. The van der Waals surface area contributed by atoms with E-state index < -0.39 is 0 Å². The summed E-state index contributed by atoms with van der Waals surface area (Å²) < 4.78 is 5.92. The highest BCUT2D eigenvalue weighted by molar-refractivity contribution is 5.44. The van der Waals surface area contributed by atoms with Crippen LogP contribution in [-0.4, -0.2) is 12.7 Å². The quantitative estimate of drug-likeness (QED) is 0.535. The second kappa shape index (κ2) is 11.5. The summed E-state index contributed by atoms with van der Waals surface area (Å²) >= 11 is 0. The highest BCUT2D eigenvalue weighted by Crippen LogP contribution is 2.34. The molecule has 0 radical (unpaired) electrons. The van der Waals surface area contributed by atoms with E-state index in [2.05, 4.69) is 86.1 Å². The lowest BCUT2D eigenvalue weighted by molar-refractivity contribution is 0.0251. The molecule has 1 fully saturated rings. The standard InChI is InChI=1S/C28H32O/c1-3-5-6-7-23-8-10-24(11-9-23)12-13-25-14-16-26(17-15-25)27-18-20-28(21-19-27)29-22-4-2/h8-11,14-17,27-28H,3-4,7,18-22H2,1-2H3. The first-order chi connectivity index (χ1) is 14.3. The van der Waals surface area contributed by atoms with Crippen LogP contribution < -0.4 is 0 Å². The molecule has 0 aromatic heterocycles. The number of rotatable bonds is 5. The molecule has 3 rings (SSSR count). The van der Waals surface area contributed by atoms with E-state index in [1.807, 2.05) is 0 Å². The molecule has 0 atom stereocenters. The lowest BCUT2D eigenvalue weighted by atomic mass is 9.82. The van der Waals surface area contributed by atoms with Gasteiger partial charge in [-0.1, -0.05) is 55.9 Å². The van der Waals surface area contributed by atoms with Gasteiger partial charge in [0.15, 0.2) is 0 Å². The Balaban J connectivity index is 1.54. The van der Waals surface area contributed by atoms with Crippen molar-refractivity contribution in [2.45, 2.75) is 70.8 Å². The molecular formula is C28H32O. The van der Waals surface area contributed by atoms with E-state index in [1.165, 1.54) is 36.8 Å². The number of benzene rings is 2. The first-order valence-corrected chi connectivity index (χ1v) is 11.1. The van der Waals surface area contributed by atoms with Crippen molar-refractivity contribution in [1.82, 2.24) is 0 Å². The summed E-state index contributed by atoms with van der Waals surface area (Å²) in [6.07, 6.45) is 8.15. The summed E-state index contributed by atoms with van der Waals surface area (Å²) in [6.45, 7) is 5.15. The van der Waals surface area contributed by atoms with Crippen LogP contribution in [0.15, 0.2) is 48.5 Å². The van der Waals surface area contributed by atoms with E-state index in [-0.39, 0.29) is 0 Å². The van der Waals surface area contributed by atoms with Crippen molar-refractivity contribution in [1.29, 1.82) is 0 Å². The van der Waals surface area contributed by atoms with Gasteiger partial charge in [0.25, 0.3) is 0 Å². The van der Waals surface area contributed by atoms with Gasteiger partial charge in [-0.15, -0.1) is 5.92 Å². The van der Waals surface area contributed by atoms with E-state index in [4.69, 9.17) is 4.74 Å². The molecule has 150 valence electrons. The molecule has 0 unspecified atom stereocenters. The fraction of sp³-hybridized carbons (Fsp3) is 0.429. The monoisotopic (exact) mass is 384 g/mol. The molecule has 0 aliphatic heterocycles. The van der Waals surface area contributed by atoms with Crippen LogP contribution in [0.4, 0.5) is 0 Å². The van der Waals surface area contributed by atoms with Crippen molar-refractivity contribution in [2.24, 2.45) is 0 Å². The zero-order chi connectivity index (χ0) is 20.3. The van der Waals surface area contributed by atoms with E-state index in [0.717, 1.165) is 37.0 Å². The van der Waals surface area contributed by atoms with Crippen LogP contribution in [0, 0.1) is 23.7 Å². The van der Waals surface area contributed by atoms with Crippen LogP contribution in [0.2, 0.25) is 0 Å². The maximum absolute atomic E-state index is 5.92. The Hall–Kier alpha value is -2.48. The molecule has 0 heterocycles. The predicted molar refractivity (Wildman–Crippen MR) is 122 cm³/mol. The maximum atomic E-state index is 5.92.